The van der Waals surface area contributed by atoms with Crippen LogP contribution in [0.5, 0.6) is 11.5 Å². The van der Waals surface area contributed by atoms with Gasteiger partial charge in [-0.2, -0.15) is 0 Å². The average Bonchev–Trinajstić information content (AvgIpc) is 2.66. The summed E-state index contributed by atoms with van der Waals surface area (Å²) in [6, 6.07) is 4.40. The highest BCUT2D eigenvalue weighted by Gasteiger charge is 2.20. The first-order valence-corrected chi connectivity index (χ1v) is 6.52. The second-order valence-corrected chi connectivity index (χ2v) is 4.90. The fourth-order valence-electron chi connectivity index (χ4n) is 2.66. The molecule has 0 aromatic heterocycles. The van der Waals surface area contributed by atoms with Gasteiger partial charge in [0.05, 0.1) is 13.2 Å². The Morgan fingerprint density at radius 2 is 1.76 bits per heavy atom. The van der Waals surface area contributed by atoms with E-state index >= 15 is 0 Å². The van der Waals surface area contributed by atoms with Crippen molar-refractivity contribution in [1.82, 2.24) is 0 Å². The Morgan fingerprint density at radius 1 is 1.00 bits per heavy atom. The highest BCUT2D eigenvalue weighted by atomic mass is 16.5. The zero-order valence-electron chi connectivity index (χ0n) is 10.1. The fraction of sp³-hybridized carbons (Fsp3) is 0.571. The van der Waals surface area contributed by atoms with Crippen LogP contribution in [0, 0.1) is 0 Å². The van der Waals surface area contributed by atoms with E-state index in [-0.39, 0.29) is 6.04 Å². The molecule has 1 atom stereocenters. The van der Waals surface area contributed by atoms with Crippen LogP contribution in [0.2, 0.25) is 0 Å². The standard InChI is InChI=1S/C14H19NO2/c15-12-5-2-1-4-10-8-13-14(9-11(10)12)17-7-3-6-16-13/h8-9,12H,1-7,15H2. The number of benzene rings is 1. The van der Waals surface area contributed by atoms with Crippen LogP contribution in [-0.2, 0) is 6.42 Å². The molecule has 3 rings (SSSR count). The molecule has 2 aliphatic rings. The van der Waals surface area contributed by atoms with Gasteiger partial charge < -0.3 is 15.2 Å². The van der Waals surface area contributed by atoms with E-state index in [1.807, 2.05) is 0 Å². The number of ether oxygens (including phenoxy) is 2. The minimum absolute atomic E-state index is 0.157. The Bertz CT molecular complexity index is 417. The lowest BCUT2D eigenvalue weighted by Gasteiger charge is -2.16. The van der Waals surface area contributed by atoms with E-state index < -0.39 is 0 Å². The minimum atomic E-state index is 0.157. The lowest BCUT2D eigenvalue weighted by atomic mass is 9.99. The van der Waals surface area contributed by atoms with Crippen molar-refractivity contribution in [3.63, 3.8) is 0 Å². The molecule has 0 bridgehead atoms. The van der Waals surface area contributed by atoms with Crippen molar-refractivity contribution < 1.29 is 9.47 Å². The van der Waals surface area contributed by atoms with Crippen LogP contribution in [0.25, 0.3) is 0 Å². The maximum absolute atomic E-state index is 6.22. The molecule has 0 saturated carbocycles. The molecular weight excluding hydrogens is 214 g/mol. The highest BCUT2D eigenvalue weighted by molar-refractivity contribution is 5.49. The Morgan fingerprint density at radius 3 is 2.59 bits per heavy atom. The second kappa shape index (κ2) is 4.57. The fourth-order valence-corrected chi connectivity index (χ4v) is 2.66. The number of hydrogen-bond acceptors (Lipinski definition) is 3. The molecule has 1 aromatic carbocycles. The number of rotatable bonds is 0. The van der Waals surface area contributed by atoms with Crippen molar-refractivity contribution in [3.05, 3.63) is 23.3 Å². The van der Waals surface area contributed by atoms with E-state index in [9.17, 15) is 0 Å². The van der Waals surface area contributed by atoms with Gasteiger partial charge in [-0.3, -0.25) is 0 Å². The molecular formula is C14H19NO2. The highest BCUT2D eigenvalue weighted by Crippen LogP contribution is 2.37. The first-order valence-electron chi connectivity index (χ1n) is 6.52. The van der Waals surface area contributed by atoms with Crippen LogP contribution in [0.3, 0.4) is 0 Å². The summed E-state index contributed by atoms with van der Waals surface area (Å²) in [6.45, 7) is 1.48. The smallest absolute Gasteiger partial charge is 0.161 e. The maximum atomic E-state index is 6.22. The van der Waals surface area contributed by atoms with Crippen LogP contribution in [0.15, 0.2) is 12.1 Å². The van der Waals surface area contributed by atoms with Crippen LogP contribution in [0.1, 0.15) is 42.9 Å². The van der Waals surface area contributed by atoms with Crippen molar-refractivity contribution in [1.29, 1.82) is 0 Å². The Labute approximate surface area is 102 Å². The third kappa shape index (κ3) is 2.12. The molecule has 0 radical (unpaired) electrons. The molecule has 92 valence electrons. The zero-order valence-corrected chi connectivity index (χ0v) is 10.1. The summed E-state index contributed by atoms with van der Waals surface area (Å²) < 4.78 is 11.4. The van der Waals surface area contributed by atoms with Gasteiger partial charge in [0.15, 0.2) is 11.5 Å². The first-order chi connectivity index (χ1) is 8.34. The lowest BCUT2D eigenvalue weighted by Crippen LogP contribution is -2.11. The largest absolute Gasteiger partial charge is 0.490 e. The van der Waals surface area contributed by atoms with Gasteiger partial charge in [0, 0.05) is 12.5 Å². The monoisotopic (exact) mass is 233 g/mol. The topological polar surface area (TPSA) is 44.5 Å². The van der Waals surface area contributed by atoms with Crippen molar-refractivity contribution in [3.8, 4) is 11.5 Å². The van der Waals surface area contributed by atoms with Crippen LogP contribution in [-0.4, -0.2) is 13.2 Å². The van der Waals surface area contributed by atoms with Gasteiger partial charge in [-0.1, -0.05) is 6.42 Å². The molecule has 0 spiro atoms. The summed E-state index contributed by atoms with van der Waals surface area (Å²) >= 11 is 0. The Kier molecular flexibility index (Phi) is 2.93. The molecule has 17 heavy (non-hydrogen) atoms. The van der Waals surface area contributed by atoms with E-state index in [1.54, 1.807) is 0 Å². The summed E-state index contributed by atoms with van der Waals surface area (Å²) in [5, 5.41) is 0. The summed E-state index contributed by atoms with van der Waals surface area (Å²) in [5.74, 6) is 1.77. The van der Waals surface area contributed by atoms with Crippen LogP contribution in [0.4, 0.5) is 0 Å². The molecule has 1 aliphatic heterocycles. The van der Waals surface area contributed by atoms with Crippen LogP contribution < -0.4 is 15.2 Å². The van der Waals surface area contributed by atoms with Gasteiger partial charge in [0.2, 0.25) is 0 Å². The minimum Gasteiger partial charge on any atom is -0.490 e. The second-order valence-electron chi connectivity index (χ2n) is 4.90. The van der Waals surface area contributed by atoms with Crippen molar-refractivity contribution in [2.45, 2.75) is 38.1 Å². The predicted octanol–water partition coefficient (Wildman–Crippen LogP) is 2.57. The Hall–Kier alpha value is -1.22. The van der Waals surface area contributed by atoms with Crippen molar-refractivity contribution in [2.24, 2.45) is 5.73 Å². The Balaban J connectivity index is 2.03. The van der Waals surface area contributed by atoms with Gasteiger partial charge in [0.1, 0.15) is 0 Å². The molecule has 2 N–H and O–H groups in total. The normalized spacial score (nSPS) is 23.5. The molecule has 0 fully saturated rings. The van der Waals surface area contributed by atoms with Gasteiger partial charge in [-0.25, -0.2) is 0 Å². The number of aryl methyl sites for hydroxylation is 1. The van der Waals surface area contributed by atoms with E-state index in [0.29, 0.717) is 0 Å². The number of nitrogens with two attached hydrogens (primary N) is 1. The lowest BCUT2D eigenvalue weighted by molar-refractivity contribution is 0.297. The van der Waals surface area contributed by atoms with Crippen molar-refractivity contribution >= 4 is 0 Å². The van der Waals surface area contributed by atoms with Crippen LogP contribution >= 0.6 is 0 Å². The predicted molar refractivity (Wildman–Crippen MR) is 66.5 cm³/mol. The van der Waals surface area contributed by atoms with Crippen molar-refractivity contribution in [2.75, 3.05) is 13.2 Å². The quantitative estimate of drug-likeness (QED) is 0.700. The molecule has 3 heteroatoms. The van der Waals surface area contributed by atoms with Gasteiger partial charge in [0.25, 0.3) is 0 Å². The molecule has 1 heterocycles. The van der Waals surface area contributed by atoms with Gasteiger partial charge in [-0.05, 0) is 42.5 Å². The molecule has 0 saturated heterocycles. The summed E-state index contributed by atoms with van der Waals surface area (Å²) in [7, 11) is 0. The summed E-state index contributed by atoms with van der Waals surface area (Å²) in [6.07, 6.45) is 5.57. The van der Waals surface area contributed by atoms with E-state index in [4.69, 9.17) is 15.2 Å². The molecule has 0 amide bonds. The average molecular weight is 233 g/mol. The third-order valence-electron chi connectivity index (χ3n) is 3.62. The zero-order chi connectivity index (χ0) is 11.7. The molecule has 1 unspecified atom stereocenters. The third-order valence-corrected chi connectivity index (χ3v) is 3.62. The molecule has 3 nitrogen and oxygen atoms in total. The van der Waals surface area contributed by atoms with Gasteiger partial charge >= 0.3 is 0 Å². The summed E-state index contributed by atoms with van der Waals surface area (Å²) in [4.78, 5) is 0. The van der Waals surface area contributed by atoms with Gasteiger partial charge in [-0.15, -0.1) is 0 Å². The maximum Gasteiger partial charge on any atom is 0.161 e. The number of fused-ring (bicyclic) bond motifs is 2. The molecule has 1 aromatic rings. The summed E-state index contributed by atoms with van der Waals surface area (Å²) in [5.41, 5.74) is 8.82. The van der Waals surface area contributed by atoms with E-state index in [1.165, 1.54) is 24.0 Å². The van der Waals surface area contributed by atoms with E-state index in [0.717, 1.165) is 44.0 Å². The van der Waals surface area contributed by atoms with E-state index in [2.05, 4.69) is 12.1 Å². The SMILES string of the molecule is NC1CCCCc2cc3c(cc21)OCCCO3. The first kappa shape index (κ1) is 10.9. The molecule has 1 aliphatic carbocycles. The number of hydrogen-bond donors (Lipinski definition) is 1.